The van der Waals surface area contributed by atoms with Crippen molar-refractivity contribution in [3.05, 3.63) is 69.2 Å². The van der Waals surface area contributed by atoms with Gasteiger partial charge in [-0.1, -0.05) is 59.1 Å². The minimum atomic E-state index is -0.0166. The summed E-state index contributed by atoms with van der Waals surface area (Å²) >= 11 is 12.1. The molecule has 1 nitrogen and oxygen atoms in total. The predicted molar refractivity (Wildman–Crippen MR) is 80.3 cm³/mol. The number of Topliss-reactive ketones (excluding diaryl/α,β-unsaturated/α-hetero) is 1. The first-order valence-electron chi connectivity index (χ1n) is 6.10. The number of carbonyl (C=O) groups excluding carboxylic acids is 1. The van der Waals surface area contributed by atoms with E-state index in [1.165, 1.54) is 5.56 Å². The molecule has 0 unspecified atom stereocenters. The molecule has 2 aromatic carbocycles. The molecule has 0 aliphatic carbocycles. The summed E-state index contributed by atoms with van der Waals surface area (Å²) in [5, 5.41) is 0.837. The Morgan fingerprint density at radius 3 is 2.32 bits per heavy atom. The van der Waals surface area contributed by atoms with Gasteiger partial charge in [0.05, 0.1) is 15.6 Å². The number of benzene rings is 2. The zero-order chi connectivity index (χ0) is 13.8. The van der Waals surface area contributed by atoms with Gasteiger partial charge in [-0.25, -0.2) is 0 Å². The lowest BCUT2D eigenvalue weighted by Crippen LogP contribution is -2.03. The third kappa shape index (κ3) is 3.59. The Morgan fingerprint density at radius 2 is 1.68 bits per heavy atom. The molecule has 0 amide bonds. The van der Waals surface area contributed by atoms with Gasteiger partial charge >= 0.3 is 0 Å². The highest BCUT2D eigenvalue weighted by molar-refractivity contribution is 6.39. The average Bonchev–Trinajstić information content (AvgIpc) is 2.36. The lowest BCUT2D eigenvalue weighted by molar-refractivity contribution is 0.0983. The first-order chi connectivity index (χ1) is 9.08. The highest BCUT2D eigenvalue weighted by Gasteiger charge is 2.14. The van der Waals surface area contributed by atoms with Gasteiger partial charge in [0.15, 0.2) is 5.78 Å². The van der Waals surface area contributed by atoms with E-state index >= 15 is 0 Å². The molecule has 0 aliphatic heterocycles. The third-order valence-electron chi connectivity index (χ3n) is 2.96. The second-order valence-corrected chi connectivity index (χ2v) is 5.32. The van der Waals surface area contributed by atoms with Gasteiger partial charge in [-0.2, -0.15) is 0 Å². The van der Waals surface area contributed by atoms with E-state index in [-0.39, 0.29) is 5.78 Å². The molecule has 0 N–H and O–H groups in total. The normalized spacial score (nSPS) is 10.5. The number of rotatable bonds is 4. The Bertz CT molecular complexity index is 585. The van der Waals surface area contributed by atoms with Crippen LogP contribution in [-0.2, 0) is 6.42 Å². The van der Waals surface area contributed by atoms with Gasteiger partial charge in [0.2, 0.25) is 0 Å². The van der Waals surface area contributed by atoms with Crippen LogP contribution < -0.4 is 0 Å². The second kappa shape index (κ2) is 6.23. The van der Waals surface area contributed by atoms with Gasteiger partial charge in [0.1, 0.15) is 0 Å². The number of hydrogen-bond acceptors (Lipinski definition) is 1. The van der Waals surface area contributed by atoms with Crippen LogP contribution in [0.1, 0.15) is 27.9 Å². The summed E-state index contributed by atoms with van der Waals surface area (Å²) in [6.07, 6.45) is 1.11. The highest BCUT2D eigenvalue weighted by Crippen LogP contribution is 2.26. The summed E-state index contributed by atoms with van der Waals surface area (Å²) in [7, 11) is 0. The summed E-state index contributed by atoms with van der Waals surface area (Å²) in [6.45, 7) is 2.04. The van der Waals surface area contributed by atoms with Crippen molar-refractivity contribution in [2.24, 2.45) is 0 Å². The van der Waals surface area contributed by atoms with Crippen LogP contribution in [0.3, 0.4) is 0 Å². The van der Waals surface area contributed by atoms with Crippen molar-refractivity contribution in [3.8, 4) is 0 Å². The predicted octanol–water partition coefficient (Wildman–Crippen LogP) is 5.12. The van der Waals surface area contributed by atoms with Crippen LogP contribution in [0.4, 0.5) is 0 Å². The smallest absolute Gasteiger partial charge is 0.166 e. The summed E-state index contributed by atoms with van der Waals surface area (Å²) in [4.78, 5) is 12.2. The maximum atomic E-state index is 12.2. The van der Waals surface area contributed by atoms with Gasteiger partial charge in [0, 0.05) is 6.42 Å². The lowest BCUT2D eigenvalue weighted by Gasteiger charge is -2.06. The molecule has 0 spiro atoms. The first-order valence-corrected chi connectivity index (χ1v) is 6.86. The Labute approximate surface area is 123 Å². The Morgan fingerprint density at radius 1 is 1.05 bits per heavy atom. The lowest BCUT2D eigenvalue weighted by atomic mass is 10.0. The minimum absolute atomic E-state index is 0.0166. The van der Waals surface area contributed by atoms with Crippen molar-refractivity contribution in [2.45, 2.75) is 19.8 Å². The zero-order valence-corrected chi connectivity index (χ0v) is 12.1. The van der Waals surface area contributed by atoms with E-state index in [0.717, 1.165) is 5.56 Å². The molecule has 2 rings (SSSR count). The van der Waals surface area contributed by atoms with Crippen molar-refractivity contribution in [3.63, 3.8) is 0 Å². The molecule has 2 aromatic rings. The van der Waals surface area contributed by atoms with Crippen LogP contribution in [0, 0.1) is 6.92 Å². The van der Waals surface area contributed by atoms with E-state index in [0.29, 0.717) is 28.5 Å². The van der Waals surface area contributed by atoms with Crippen LogP contribution in [0.25, 0.3) is 0 Å². The molecule has 0 aromatic heterocycles. The van der Waals surface area contributed by atoms with E-state index < -0.39 is 0 Å². The molecule has 3 heteroatoms. The van der Waals surface area contributed by atoms with Crippen molar-refractivity contribution in [1.29, 1.82) is 0 Å². The van der Waals surface area contributed by atoms with E-state index in [4.69, 9.17) is 23.2 Å². The molecule has 0 radical (unpaired) electrons. The molecule has 0 saturated carbocycles. The molecule has 0 bridgehead atoms. The van der Waals surface area contributed by atoms with E-state index in [9.17, 15) is 4.79 Å². The maximum Gasteiger partial charge on any atom is 0.166 e. The number of aryl methyl sites for hydroxylation is 2. The second-order valence-electron chi connectivity index (χ2n) is 4.51. The van der Waals surface area contributed by atoms with Crippen molar-refractivity contribution < 1.29 is 4.79 Å². The standard InChI is InChI=1S/C16H14Cl2O/c1-11-4-2-5-12(10-11)8-9-15(19)16-13(17)6-3-7-14(16)18/h2-7,10H,8-9H2,1H3. The number of ketones is 1. The van der Waals surface area contributed by atoms with Gasteiger partial charge in [-0.05, 0) is 31.0 Å². The average molecular weight is 293 g/mol. The molecule has 98 valence electrons. The van der Waals surface area contributed by atoms with Gasteiger partial charge in [0.25, 0.3) is 0 Å². The fourth-order valence-corrected chi connectivity index (χ4v) is 2.62. The van der Waals surface area contributed by atoms with E-state index in [1.54, 1.807) is 18.2 Å². The fraction of sp³-hybridized carbons (Fsp3) is 0.188. The van der Waals surface area contributed by atoms with Gasteiger partial charge < -0.3 is 0 Å². The number of carbonyl (C=O) groups is 1. The van der Waals surface area contributed by atoms with Gasteiger partial charge in [-0.3, -0.25) is 4.79 Å². The number of hydrogen-bond donors (Lipinski definition) is 0. The monoisotopic (exact) mass is 292 g/mol. The Balaban J connectivity index is 2.10. The quantitative estimate of drug-likeness (QED) is 0.715. The van der Waals surface area contributed by atoms with Crippen molar-refractivity contribution >= 4 is 29.0 Å². The van der Waals surface area contributed by atoms with Crippen LogP contribution in [0.5, 0.6) is 0 Å². The topological polar surface area (TPSA) is 17.1 Å². The molecule has 0 heterocycles. The number of halogens is 2. The van der Waals surface area contributed by atoms with Crippen LogP contribution in [0.2, 0.25) is 10.0 Å². The van der Waals surface area contributed by atoms with Gasteiger partial charge in [-0.15, -0.1) is 0 Å². The van der Waals surface area contributed by atoms with Crippen molar-refractivity contribution in [2.75, 3.05) is 0 Å². The summed E-state index contributed by atoms with van der Waals surface area (Å²) in [5.41, 5.74) is 2.77. The highest BCUT2D eigenvalue weighted by atomic mass is 35.5. The molecular formula is C16H14Cl2O. The molecule has 0 saturated heterocycles. The molecule has 0 aliphatic rings. The molecular weight excluding hydrogens is 279 g/mol. The van der Waals surface area contributed by atoms with Crippen LogP contribution in [-0.4, -0.2) is 5.78 Å². The van der Waals surface area contributed by atoms with Crippen LogP contribution in [0.15, 0.2) is 42.5 Å². The Hall–Kier alpha value is -1.31. The summed E-state index contributed by atoms with van der Waals surface area (Å²) in [6, 6.07) is 13.3. The van der Waals surface area contributed by atoms with E-state index in [1.807, 2.05) is 25.1 Å². The summed E-state index contributed by atoms with van der Waals surface area (Å²) < 4.78 is 0. The zero-order valence-electron chi connectivity index (χ0n) is 10.6. The minimum Gasteiger partial charge on any atom is -0.294 e. The first kappa shape index (κ1) is 14.1. The fourth-order valence-electron chi connectivity index (χ4n) is 2.01. The van der Waals surface area contributed by atoms with Crippen LogP contribution >= 0.6 is 23.2 Å². The molecule has 19 heavy (non-hydrogen) atoms. The summed E-state index contributed by atoms with van der Waals surface area (Å²) in [5.74, 6) is -0.0166. The SMILES string of the molecule is Cc1cccc(CCC(=O)c2c(Cl)cccc2Cl)c1. The Kier molecular flexibility index (Phi) is 4.62. The van der Waals surface area contributed by atoms with E-state index in [2.05, 4.69) is 6.07 Å². The molecule has 0 atom stereocenters. The van der Waals surface area contributed by atoms with Crippen molar-refractivity contribution in [1.82, 2.24) is 0 Å². The largest absolute Gasteiger partial charge is 0.294 e. The maximum absolute atomic E-state index is 12.2. The third-order valence-corrected chi connectivity index (χ3v) is 3.59. The molecule has 0 fully saturated rings.